The minimum Gasteiger partial charge on any atom is -0.491 e. The van der Waals surface area contributed by atoms with Crippen molar-refractivity contribution in [2.45, 2.75) is 153 Å². The summed E-state index contributed by atoms with van der Waals surface area (Å²) in [5.41, 5.74) is 4.96. The highest BCUT2D eigenvalue weighted by atomic mass is 19.4. The summed E-state index contributed by atoms with van der Waals surface area (Å²) >= 11 is 0. The molecule has 3 spiro atoms. The van der Waals surface area contributed by atoms with Crippen LogP contribution in [0.2, 0.25) is 0 Å². The number of piperidine rings is 3. The number of hydrogen-bond acceptors (Lipinski definition) is 9. The van der Waals surface area contributed by atoms with E-state index in [1.165, 1.54) is 44.0 Å². The third-order valence-corrected chi connectivity index (χ3v) is 20.4. The summed E-state index contributed by atoms with van der Waals surface area (Å²) < 4.78 is 171. The SMILES string of the molecule is CC(C)(O)c1ccc(C(=O)N2CCC3(CC2)c2ccc(C(F)(F)F)n2CCN3CC(F)F)cc1.Cc1cc(C(=O)N2CCC3(CC2)c2ccc(C(F)(F)F)n2CCN3C)ccc1F.Cc1cc(C(=O)N2CCC3(CC2)c2ccc(C(F)(F)F)n2CCN3CC(N)=O)ccc1OC(C)C.[HH]. The molecule has 3 N–H and O–H groups in total. The lowest BCUT2D eigenvalue weighted by Crippen LogP contribution is -2.59. The van der Waals surface area contributed by atoms with Gasteiger partial charge in [-0.2, -0.15) is 39.5 Å². The van der Waals surface area contributed by atoms with Crippen LogP contribution >= 0.6 is 0 Å². The number of hydrogen-bond donors (Lipinski definition) is 2. The summed E-state index contributed by atoms with van der Waals surface area (Å²) in [6, 6.07) is 24.0. The molecule has 3 saturated heterocycles. The lowest BCUT2D eigenvalue weighted by molar-refractivity contribution is -0.146. The largest absolute Gasteiger partial charge is 0.491 e. The van der Waals surface area contributed by atoms with Gasteiger partial charge in [0.1, 0.15) is 28.6 Å². The number of alkyl halides is 11. The van der Waals surface area contributed by atoms with Gasteiger partial charge in [-0.1, -0.05) is 12.1 Å². The van der Waals surface area contributed by atoms with Gasteiger partial charge < -0.3 is 44.0 Å². The molecule has 3 fully saturated rings. The Bertz CT molecular complexity index is 3890. The molecule has 6 aliphatic rings. The van der Waals surface area contributed by atoms with Crippen molar-refractivity contribution < 1.29 is 83.1 Å². The smallest absolute Gasteiger partial charge is 0.431 e. The first kappa shape index (κ1) is 72.9. The maximum absolute atomic E-state index is 13.6. The Balaban J connectivity index is 0.000000173. The second-order valence-corrected chi connectivity index (χ2v) is 27.1. The first-order chi connectivity index (χ1) is 45.9. The topological polar surface area (TPSA) is 158 Å². The average molecular weight is 1390 g/mol. The van der Waals surface area contributed by atoms with E-state index < -0.39 is 76.7 Å². The third-order valence-electron chi connectivity index (χ3n) is 20.4. The minimum atomic E-state index is -4.53. The molecule has 6 aliphatic heterocycles. The summed E-state index contributed by atoms with van der Waals surface area (Å²) in [6.07, 6.45) is -13.6. The number of ether oxygens (including phenoxy) is 1. The van der Waals surface area contributed by atoms with Gasteiger partial charge in [-0.05, 0) is 189 Å². The van der Waals surface area contributed by atoms with E-state index in [1.54, 1.807) is 88.9 Å². The number of primary amides is 1. The fourth-order valence-corrected chi connectivity index (χ4v) is 15.3. The van der Waals surface area contributed by atoms with E-state index >= 15 is 0 Å². The van der Waals surface area contributed by atoms with Crippen LogP contribution in [0.4, 0.5) is 52.7 Å². The summed E-state index contributed by atoms with van der Waals surface area (Å²) in [5.74, 6) is -0.711. The van der Waals surface area contributed by atoms with E-state index in [1.807, 2.05) is 32.7 Å². The molecular weight excluding hydrogens is 1300 g/mol. The molecule has 9 heterocycles. The lowest BCUT2D eigenvalue weighted by atomic mass is 9.80. The van der Waals surface area contributed by atoms with Gasteiger partial charge in [0.2, 0.25) is 5.91 Å². The molecule has 4 amide bonds. The highest BCUT2D eigenvalue weighted by Crippen LogP contribution is 2.48. The highest BCUT2D eigenvalue weighted by Gasteiger charge is 2.52. The highest BCUT2D eigenvalue weighted by molar-refractivity contribution is 5.96. The van der Waals surface area contributed by atoms with Crippen molar-refractivity contribution >= 4 is 23.6 Å². The quantitative estimate of drug-likeness (QED) is 0.127. The zero-order valence-electron chi connectivity index (χ0n) is 55.7. The van der Waals surface area contributed by atoms with Gasteiger partial charge in [-0.15, -0.1) is 0 Å². The Morgan fingerprint density at radius 1 is 0.520 bits per heavy atom. The van der Waals surface area contributed by atoms with Crippen molar-refractivity contribution in [2.75, 3.05) is 79.0 Å². The Kier molecular flexibility index (Phi) is 20.6. The molecule has 3 aromatic carbocycles. The van der Waals surface area contributed by atoms with E-state index in [-0.39, 0.29) is 89.7 Å². The van der Waals surface area contributed by atoms with Crippen molar-refractivity contribution in [1.29, 1.82) is 0 Å². The number of aryl methyl sites for hydroxylation is 2. The van der Waals surface area contributed by atoms with Crippen molar-refractivity contribution in [1.82, 2.24) is 43.1 Å². The zero-order chi connectivity index (χ0) is 71.4. The molecule has 0 saturated carbocycles. The molecular formula is C70H84F12N10O6. The first-order valence-electron chi connectivity index (χ1n) is 32.7. The van der Waals surface area contributed by atoms with Crippen molar-refractivity contribution in [3.63, 3.8) is 0 Å². The Labute approximate surface area is 561 Å². The molecule has 16 nitrogen and oxygen atoms in total. The van der Waals surface area contributed by atoms with E-state index in [0.717, 1.165) is 29.5 Å². The lowest BCUT2D eigenvalue weighted by Gasteiger charge is -2.52. The number of rotatable bonds is 10. The third kappa shape index (κ3) is 14.6. The standard InChI is InChI=1S/C25H31F3N4O3.C24H28F5N3O2.C21H23F4N3O.H2/c1-16(2)35-19-5-4-18(14-17(19)3)23(34)30-10-8-24(9-11-30)20-6-7-21(25(26,27)28)32(20)13-12-31(24)15-22(29)33;1-22(2,34)17-5-3-16(4-6-17)21(33)30-11-9-23(10-12-30)18-7-8-19(24(27,28)29)32(18)14-13-31(23)15-20(25)26;1-14-13-15(3-4-16(14)22)19(29)27-9-7-20(8-10-27)17-5-6-18(21(23,24)25)28(17)12-11-26(20)2;/h4-7,14,16H,8-13,15H2,1-3H3,(H2,29,33);3-8,20,34H,9-15H2,1-2H3;3-6,13H,7-12H2,1-2H3;1H. The molecule has 28 heteroatoms. The van der Waals surface area contributed by atoms with Crippen LogP contribution in [0.1, 0.15) is 150 Å². The van der Waals surface area contributed by atoms with Crippen LogP contribution in [0.3, 0.4) is 0 Å². The number of carbonyl (C=O) groups excluding carboxylic acids is 4. The zero-order valence-corrected chi connectivity index (χ0v) is 55.7. The molecule has 0 radical (unpaired) electrons. The monoisotopic (exact) mass is 1390 g/mol. The number of nitrogens with zero attached hydrogens (tertiary/aromatic N) is 9. The number of aromatic nitrogens is 3. The van der Waals surface area contributed by atoms with Gasteiger partial charge in [0.25, 0.3) is 24.1 Å². The Morgan fingerprint density at radius 3 is 1.30 bits per heavy atom. The molecule has 0 unspecified atom stereocenters. The van der Waals surface area contributed by atoms with Crippen LogP contribution in [0, 0.1) is 19.7 Å². The van der Waals surface area contributed by atoms with E-state index in [9.17, 15) is 77.0 Å². The number of amides is 4. The van der Waals surface area contributed by atoms with Crippen LogP contribution in [0.5, 0.6) is 5.75 Å². The van der Waals surface area contributed by atoms with Gasteiger partial charge >= 0.3 is 18.5 Å². The van der Waals surface area contributed by atoms with Gasteiger partial charge in [0.15, 0.2) is 0 Å². The van der Waals surface area contributed by atoms with Crippen LogP contribution in [0.25, 0.3) is 0 Å². The predicted octanol–water partition coefficient (Wildman–Crippen LogP) is 12.3. The normalized spacial score (nSPS) is 18.8. The first-order valence-corrected chi connectivity index (χ1v) is 32.7. The van der Waals surface area contributed by atoms with Crippen molar-refractivity contribution in [2.24, 2.45) is 5.73 Å². The van der Waals surface area contributed by atoms with Crippen molar-refractivity contribution in [3.05, 3.63) is 170 Å². The van der Waals surface area contributed by atoms with Gasteiger partial charge in [0.05, 0.1) is 41.4 Å². The molecule has 98 heavy (non-hydrogen) atoms. The fraction of sp³-hybridized carbons (Fsp3) is 0.514. The summed E-state index contributed by atoms with van der Waals surface area (Å²) in [5, 5.41) is 10.1. The fourth-order valence-electron chi connectivity index (χ4n) is 15.3. The molecule has 0 aliphatic carbocycles. The second-order valence-electron chi connectivity index (χ2n) is 27.1. The number of fused-ring (bicyclic) bond motifs is 6. The number of benzene rings is 3. The number of aliphatic hydroxyl groups is 1. The maximum atomic E-state index is 13.6. The van der Waals surface area contributed by atoms with Crippen LogP contribution in [0.15, 0.2) is 97.1 Å². The van der Waals surface area contributed by atoms with Crippen LogP contribution in [-0.2, 0) is 65.2 Å². The average Bonchev–Trinajstić information content (AvgIpc) is 1.70. The Hall–Kier alpha value is -7.82. The number of likely N-dealkylation sites (N-methyl/N-ethyl adjacent to an activating group) is 1. The van der Waals surface area contributed by atoms with E-state index in [0.29, 0.717) is 110 Å². The van der Waals surface area contributed by atoms with Gasteiger partial charge in [-0.3, -0.25) is 33.9 Å². The maximum Gasteiger partial charge on any atom is 0.431 e. The molecule has 12 rings (SSSR count). The summed E-state index contributed by atoms with van der Waals surface area (Å²) in [4.78, 5) is 61.5. The number of carbonyl (C=O) groups is 4. The molecule has 6 aromatic rings. The predicted molar refractivity (Wildman–Crippen MR) is 342 cm³/mol. The van der Waals surface area contributed by atoms with E-state index in [2.05, 4.69) is 4.90 Å². The second kappa shape index (κ2) is 27.7. The molecule has 0 atom stereocenters. The number of halogens is 12. The number of nitrogens with two attached hydrogens (primary N) is 1. The Morgan fingerprint density at radius 2 is 0.898 bits per heavy atom. The summed E-state index contributed by atoms with van der Waals surface area (Å²) in [7, 11) is 1.94. The van der Waals surface area contributed by atoms with E-state index in [4.69, 9.17) is 10.5 Å². The van der Waals surface area contributed by atoms with Crippen LogP contribution in [-0.4, -0.2) is 163 Å². The van der Waals surface area contributed by atoms with Crippen LogP contribution < -0.4 is 10.5 Å². The minimum absolute atomic E-state index is 0. The molecule has 3 aromatic heterocycles. The van der Waals surface area contributed by atoms with Gasteiger partial charge in [0, 0.05) is 114 Å². The molecule has 0 bridgehead atoms. The summed E-state index contributed by atoms with van der Waals surface area (Å²) in [6.45, 7) is 13.4. The van der Waals surface area contributed by atoms with Gasteiger partial charge in [-0.25, -0.2) is 13.2 Å². The number of likely N-dealkylation sites (tertiary alicyclic amines) is 3. The molecule has 534 valence electrons. The van der Waals surface area contributed by atoms with Crippen molar-refractivity contribution in [3.8, 4) is 5.75 Å².